The van der Waals surface area contributed by atoms with Crippen LogP contribution < -0.4 is 9.47 Å². The van der Waals surface area contributed by atoms with Crippen molar-refractivity contribution < 1.29 is 14.3 Å². The number of hydrogen-bond donors (Lipinski definition) is 0. The van der Waals surface area contributed by atoms with Crippen LogP contribution in [0, 0.1) is 0 Å². The van der Waals surface area contributed by atoms with Crippen molar-refractivity contribution in [1.29, 1.82) is 0 Å². The molecule has 31 heavy (non-hydrogen) atoms. The Kier molecular flexibility index (Phi) is 6.26. The van der Waals surface area contributed by atoms with Gasteiger partial charge in [0.2, 0.25) is 5.91 Å². The largest absolute Gasteiger partial charge is 0.493 e. The van der Waals surface area contributed by atoms with Gasteiger partial charge in [-0.15, -0.1) is 0 Å². The van der Waals surface area contributed by atoms with E-state index in [1.807, 2.05) is 62.5 Å². The fourth-order valence-corrected chi connectivity index (χ4v) is 4.18. The van der Waals surface area contributed by atoms with Crippen molar-refractivity contribution in [3.8, 4) is 11.5 Å². The van der Waals surface area contributed by atoms with Gasteiger partial charge in [-0.2, -0.15) is 0 Å². The van der Waals surface area contributed by atoms with Gasteiger partial charge in [0.05, 0.1) is 24.8 Å². The number of benzene rings is 2. The third kappa shape index (κ3) is 4.43. The van der Waals surface area contributed by atoms with E-state index in [9.17, 15) is 4.79 Å². The van der Waals surface area contributed by atoms with E-state index in [0.717, 1.165) is 46.9 Å². The molecule has 0 bridgehead atoms. The molecule has 2 heterocycles. The van der Waals surface area contributed by atoms with Crippen LogP contribution in [0.3, 0.4) is 0 Å². The number of carbonyl (C=O) groups is 1. The third-order valence-electron chi connectivity index (χ3n) is 5.72. The molecule has 1 unspecified atom stereocenters. The fraction of sp³-hybridized carbons (Fsp3) is 0.360. The normalized spacial score (nSPS) is 16.5. The fourth-order valence-electron chi connectivity index (χ4n) is 4.18. The molecule has 1 aliphatic rings. The predicted octanol–water partition coefficient (Wildman–Crippen LogP) is 4.49. The molecule has 0 N–H and O–H groups in total. The highest BCUT2D eigenvalue weighted by Gasteiger charge is 2.31. The maximum atomic E-state index is 12.1. The van der Waals surface area contributed by atoms with Crippen molar-refractivity contribution in [2.24, 2.45) is 0 Å². The zero-order valence-corrected chi connectivity index (χ0v) is 18.4. The lowest BCUT2D eigenvalue weighted by molar-refractivity contribution is -0.126. The van der Waals surface area contributed by atoms with Crippen LogP contribution >= 0.6 is 0 Å². The number of aromatic nitrogens is 2. The summed E-state index contributed by atoms with van der Waals surface area (Å²) in [4.78, 5) is 18.7. The summed E-state index contributed by atoms with van der Waals surface area (Å²) in [5, 5.41) is 0. The maximum absolute atomic E-state index is 12.1. The van der Waals surface area contributed by atoms with Gasteiger partial charge < -0.3 is 18.9 Å². The van der Waals surface area contributed by atoms with Gasteiger partial charge in [-0.25, -0.2) is 4.98 Å². The topological polar surface area (TPSA) is 56.6 Å². The van der Waals surface area contributed by atoms with Gasteiger partial charge in [0, 0.05) is 32.5 Å². The second-order valence-corrected chi connectivity index (χ2v) is 7.90. The molecule has 6 heteroatoms. The number of methoxy groups -OCH3 is 1. The number of amides is 1. The Labute approximate surface area is 183 Å². The second-order valence-electron chi connectivity index (χ2n) is 7.90. The molecule has 4 rings (SSSR count). The van der Waals surface area contributed by atoms with Crippen LogP contribution in [-0.2, 0) is 11.3 Å². The zero-order valence-electron chi connectivity index (χ0n) is 18.4. The number of hydrogen-bond acceptors (Lipinski definition) is 4. The SMILES string of the molecule is C/C=C/c1ccc(OCCCn2c(C3CC(=O)N(C)C3)nc3ccccc32)c(OC)c1. The average molecular weight is 420 g/mol. The molecule has 0 radical (unpaired) electrons. The number of nitrogens with zero attached hydrogens (tertiary/aromatic N) is 3. The van der Waals surface area contributed by atoms with E-state index in [1.54, 1.807) is 12.0 Å². The molecule has 0 saturated carbocycles. The van der Waals surface area contributed by atoms with Crippen LogP contribution in [0.25, 0.3) is 17.1 Å². The Morgan fingerprint density at radius 3 is 2.77 bits per heavy atom. The molecule has 1 saturated heterocycles. The molecule has 1 aliphatic heterocycles. The molecule has 1 aromatic heterocycles. The van der Waals surface area contributed by atoms with Crippen LogP contribution in [0.1, 0.15) is 37.1 Å². The highest BCUT2D eigenvalue weighted by Crippen LogP contribution is 2.31. The van der Waals surface area contributed by atoms with Gasteiger partial charge >= 0.3 is 0 Å². The van der Waals surface area contributed by atoms with Crippen LogP contribution in [0.4, 0.5) is 0 Å². The number of para-hydroxylation sites is 2. The predicted molar refractivity (Wildman–Crippen MR) is 123 cm³/mol. The molecule has 1 atom stereocenters. The Balaban J connectivity index is 1.47. The number of carbonyl (C=O) groups excluding carboxylic acids is 1. The van der Waals surface area contributed by atoms with Gasteiger partial charge in [0.1, 0.15) is 5.82 Å². The molecule has 3 aromatic rings. The first-order valence-corrected chi connectivity index (χ1v) is 10.7. The summed E-state index contributed by atoms with van der Waals surface area (Å²) in [6, 6.07) is 14.1. The smallest absolute Gasteiger partial charge is 0.223 e. The van der Waals surface area contributed by atoms with Crippen molar-refractivity contribution in [3.63, 3.8) is 0 Å². The average Bonchev–Trinajstić information content (AvgIpc) is 3.31. The minimum atomic E-state index is 0.130. The lowest BCUT2D eigenvalue weighted by Crippen LogP contribution is -2.19. The third-order valence-corrected chi connectivity index (χ3v) is 5.72. The molecule has 0 spiro atoms. The molecular formula is C25H29N3O3. The molecule has 0 aliphatic carbocycles. The van der Waals surface area contributed by atoms with Gasteiger partial charge in [-0.3, -0.25) is 4.79 Å². The highest BCUT2D eigenvalue weighted by molar-refractivity contribution is 5.80. The number of likely N-dealkylation sites (tertiary alicyclic amines) is 1. The molecule has 1 amide bonds. The number of likely N-dealkylation sites (N-methyl/N-ethyl adjacent to an activating group) is 1. The van der Waals surface area contributed by atoms with E-state index in [2.05, 4.69) is 10.6 Å². The van der Waals surface area contributed by atoms with E-state index in [0.29, 0.717) is 19.6 Å². The molecule has 6 nitrogen and oxygen atoms in total. The summed E-state index contributed by atoms with van der Waals surface area (Å²) in [5.41, 5.74) is 3.16. The molecular weight excluding hydrogens is 390 g/mol. The Morgan fingerprint density at radius 2 is 2.03 bits per heavy atom. The van der Waals surface area contributed by atoms with Gasteiger partial charge in [0.15, 0.2) is 11.5 Å². The number of allylic oxidation sites excluding steroid dienone is 1. The van der Waals surface area contributed by atoms with Crippen LogP contribution in [0.15, 0.2) is 48.5 Å². The van der Waals surface area contributed by atoms with Crippen molar-refractivity contribution >= 4 is 23.0 Å². The van der Waals surface area contributed by atoms with Crippen molar-refractivity contribution in [1.82, 2.24) is 14.5 Å². The standard InChI is InChI=1S/C25H29N3O3/c1-4-8-18-11-12-22(23(15-18)30-3)31-14-7-13-28-21-10-6-5-9-20(21)26-25(28)19-16-24(29)27(2)17-19/h4-6,8-12,15,19H,7,13-14,16-17H2,1-3H3/b8-4+. The summed E-state index contributed by atoms with van der Waals surface area (Å²) in [6.45, 7) is 4.05. The Bertz CT molecular complexity index is 1100. The number of ether oxygens (including phenoxy) is 2. The van der Waals surface area contributed by atoms with Gasteiger partial charge in [-0.1, -0.05) is 30.4 Å². The zero-order chi connectivity index (χ0) is 21.8. The van der Waals surface area contributed by atoms with Gasteiger partial charge in [0.25, 0.3) is 0 Å². The summed E-state index contributed by atoms with van der Waals surface area (Å²) < 4.78 is 13.8. The van der Waals surface area contributed by atoms with E-state index < -0.39 is 0 Å². The molecule has 2 aromatic carbocycles. The first kappa shape index (κ1) is 21.0. The summed E-state index contributed by atoms with van der Waals surface area (Å²) >= 11 is 0. The van der Waals surface area contributed by atoms with Crippen LogP contribution in [-0.4, -0.2) is 47.7 Å². The Morgan fingerprint density at radius 1 is 1.19 bits per heavy atom. The lowest BCUT2D eigenvalue weighted by atomic mass is 10.1. The molecule has 1 fully saturated rings. The Hall–Kier alpha value is -3.28. The summed E-state index contributed by atoms with van der Waals surface area (Å²) in [5.74, 6) is 2.78. The second kappa shape index (κ2) is 9.25. The summed E-state index contributed by atoms with van der Waals surface area (Å²) in [6.07, 6.45) is 5.37. The van der Waals surface area contributed by atoms with E-state index in [-0.39, 0.29) is 11.8 Å². The van der Waals surface area contributed by atoms with Crippen LogP contribution in [0.2, 0.25) is 0 Å². The van der Waals surface area contributed by atoms with Crippen LogP contribution in [0.5, 0.6) is 11.5 Å². The van der Waals surface area contributed by atoms with Crippen molar-refractivity contribution in [2.45, 2.75) is 32.2 Å². The number of aryl methyl sites for hydroxylation is 1. The van der Waals surface area contributed by atoms with Crippen molar-refractivity contribution in [2.75, 3.05) is 27.3 Å². The minimum absolute atomic E-state index is 0.130. The number of imidazole rings is 1. The van der Waals surface area contributed by atoms with Gasteiger partial charge in [-0.05, 0) is 43.2 Å². The highest BCUT2D eigenvalue weighted by atomic mass is 16.5. The quantitative estimate of drug-likeness (QED) is 0.505. The summed E-state index contributed by atoms with van der Waals surface area (Å²) in [7, 11) is 3.52. The maximum Gasteiger partial charge on any atom is 0.223 e. The first-order valence-electron chi connectivity index (χ1n) is 10.7. The van der Waals surface area contributed by atoms with E-state index in [1.165, 1.54) is 0 Å². The first-order chi connectivity index (χ1) is 15.1. The number of fused-ring (bicyclic) bond motifs is 1. The van der Waals surface area contributed by atoms with E-state index in [4.69, 9.17) is 14.5 Å². The van der Waals surface area contributed by atoms with E-state index >= 15 is 0 Å². The number of rotatable bonds is 8. The minimum Gasteiger partial charge on any atom is -0.493 e. The van der Waals surface area contributed by atoms with Crippen molar-refractivity contribution in [3.05, 3.63) is 59.9 Å². The molecule has 162 valence electrons. The monoisotopic (exact) mass is 419 g/mol. The lowest BCUT2D eigenvalue weighted by Gasteiger charge is -2.15.